The third-order valence-electron chi connectivity index (χ3n) is 3.00. The molecule has 0 atom stereocenters. The summed E-state index contributed by atoms with van der Waals surface area (Å²) < 4.78 is 14.1. The Morgan fingerprint density at radius 2 is 2.00 bits per heavy atom. The van der Waals surface area contributed by atoms with E-state index in [1.54, 1.807) is 17.0 Å². The molecule has 0 bridgehead atoms. The highest BCUT2D eigenvalue weighted by atomic mass is 79.9. The van der Waals surface area contributed by atoms with Gasteiger partial charge < -0.3 is 10.6 Å². The first-order valence-electron chi connectivity index (χ1n) is 5.58. The lowest BCUT2D eigenvalue weighted by Gasteiger charge is -2.30. The van der Waals surface area contributed by atoms with Crippen molar-refractivity contribution in [2.75, 3.05) is 13.1 Å². The summed E-state index contributed by atoms with van der Waals surface area (Å²) in [5.41, 5.74) is 5.89. The number of piperidine rings is 1. The van der Waals surface area contributed by atoms with E-state index in [1.165, 1.54) is 6.07 Å². The van der Waals surface area contributed by atoms with E-state index in [-0.39, 0.29) is 29.9 Å². The lowest BCUT2D eigenvalue weighted by molar-refractivity contribution is 0.0709. The summed E-state index contributed by atoms with van der Waals surface area (Å²) in [6.07, 6.45) is 1.55. The van der Waals surface area contributed by atoms with Crippen LogP contribution in [0.1, 0.15) is 23.2 Å². The van der Waals surface area contributed by atoms with Gasteiger partial charge in [0.2, 0.25) is 0 Å². The van der Waals surface area contributed by atoms with Gasteiger partial charge >= 0.3 is 0 Å². The SMILES string of the molecule is Cl.NC1CCN(C(=O)c2c(F)cccc2Br)CC1. The molecule has 1 aliphatic heterocycles. The number of hydrogen-bond acceptors (Lipinski definition) is 2. The average molecular weight is 338 g/mol. The zero-order valence-corrected chi connectivity index (χ0v) is 12.1. The van der Waals surface area contributed by atoms with Crippen LogP contribution >= 0.6 is 28.3 Å². The summed E-state index contributed by atoms with van der Waals surface area (Å²) in [5.74, 6) is -0.749. The van der Waals surface area contributed by atoms with Crippen LogP contribution in [-0.4, -0.2) is 29.9 Å². The molecular formula is C12H15BrClFN2O. The fourth-order valence-corrected chi connectivity index (χ4v) is 2.47. The Kier molecular flexibility index (Phi) is 5.56. The van der Waals surface area contributed by atoms with Crippen molar-refractivity contribution in [2.45, 2.75) is 18.9 Å². The number of hydrogen-bond donors (Lipinski definition) is 1. The molecule has 2 N–H and O–H groups in total. The van der Waals surface area contributed by atoms with Gasteiger partial charge in [0.1, 0.15) is 5.82 Å². The number of benzene rings is 1. The van der Waals surface area contributed by atoms with E-state index in [0.717, 1.165) is 12.8 Å². The van der Waals surface area contributed by atoms with Crippen molar-refractivity contribution in [2.24, 2.45) is 5.73 Å². The Balaban J connectivity index is 0.00000162. The van der Waals surface area contributed by atoms with Crippen molar-refractivity contribution >= 4 is 34.2 Å². The van der Waals surface area contributed by atoms with Gasteiger partial charge in [-0.1, -0.05) is 6.07 Å². The molecule has 100 valence electrons. The Labute approximate surface area is 120 Å². The van der Waals surface area contributed by atoms with Gasteiger partial charge in [-0.25, -0.2) is 4.39 Å². The van der Waals surface area contributed by atoms with E-state index in [4.69, 9.17) is 5.73 Å². The molecule has 0 aliphatic carbocycles. The van der Waals surface area contributed by atoms with Crippen LogP contribution in [0.25, 0.3) is 0 Å². The van der Waals surface area contributed by atoms with Crippen molar-refractivity contribution < 1.29 is 9.18 Å². The molecule has 0 radical (unpaired) electrons. The molecule has 1 fully saturated rings. The summed E-state index contributed by atoms with van der Waals surface area (Å²) in [5, 5.41) is 0. The minimum atomic E-state index is -0.487. The molecule has 1 aliphatic rings. The quantitative estimate of drug-likeness (QED) is 0.856. The van der Waals surface area contributed by atoms with E-state index in [0.29, 0.717) is 17.6 Å². The van der Waals surface area contributed by atoms with E-state index in [1.807, 2.05) is 0 Å². The van der Waals surface area contributed by atoms with Gasteiger partial charge in [-0.2, -0.15) is 0 Å². The highest BCUT2D eigenvalue weighted by Gasteiger charge is 2.25. The number of carbonyl (C=O) groups is 1. The maximum Gasteiger partial charge on any atom is 0.257 e. The van der Waals surface area contributed by atoms with Crippen LogP contribution in [0.4, 0.5) is 4.39 Å². The third-order valence-corrected chi connectivity index (χ3v) is 3.66. The second-order valence-electron chi connectivity index (χ2n) is 4.23. The van der Waals surface area contributed by atoms with Crippen molar-refractivity contribution in [3.05, 3.63) is 34.1 Å². The maximum absolute atomic E-state index is 13.6. The van der Waals surface area contributed by atoms with Crippen LogP contribution in [0, 0.1) is 5.82 Å². The summed E-state index contributed by atoms with van der Waals surface area (Å²) in [6, 6.07) is 4.70. The maximum atomic E-state index is 13.6. The highest BCUT2D eigenvalue weighted by Crippen LogP contribution is 2.22. The zero-order chi connectivity index (χ0) is 12.4. The number of nitrogens with zero attached hydrogens (tertiary/aromatic N) is 1. The Morgan fingerprint density at radius 1 is 1.39 bits per heavy atom. The standard InChI is InChI=1S/C12H14BrFN2O.ClH/c13-9-2-1-3-10(14)11(9)12(17)16-6-4-8(15)5-7-16;/h1-3,8H,4-7,15H2;1H. The molecule has 3 nitrogen and oxygen atoms in total. The Morgan fingerprint density at radius 3 is 2.56 bits per heavy atom. The first kappa shape index (κ1) is 15.4. The topological polar surface area (TPSA) is 46.3 Å². The van der Waals surface area contributed by atoms with Crippen molar-refractivity contribution in [3.8, 4) is 0 Å². The molecule has 1 aromatic rings. The van der Waals surface area contributed by atoms with Crippen molar-refractivity contribution in [1.82, 2.24) is 4.90 Å². The first-order valence-corrected chi connectivity index (χ1v) is 6.37. The monoisotopic (exact) mass is 336 g/mol. The molecule has 0 aromatic heterocycles. The van der Waals surface area contributed by atoms with Crippen LogP contribution < -0.4 is 5.73 Å². The molecule has 0 spiro atoms. The molecule has 6 heteroatoms. The fourth-order valence-electron chi connectivity index (χ4n) is 1.96. The first-order chi connectivity index (χ1) is 8.09. The largest absolute Gasteiger partial charge is 0.338 e. The summed E-state index contributed by atoms with van der Waals surface area (Å²) in [4.78, 5) is 13.8. The Bertz CT molecular complexity index is 416. The van der Waals surface area contributed by atoms with Crippen LogP contribution in [0.5, 0.6) is 0 Å². The zero-order valence-electron chi connectivity index (χ0n) is 9.73. The number of amides is 1. The van der Waals surface area contributed by atoms with Gasteiger partial charge in [0.05, 0.1) is 5.56 Å². The van der Waals surface area contributed by atoms with Gasteiger partial charge in [0.25, 0.3) is 5.91 Å². The van der Waals surface area contributed by atoms with Gasteiger partial charge in [0, 0.05) is 23.6 Å². The normalized spacial score (nSPS) is 16.3. The fraction of sp³-hybridized carbons (Fsp3) is 0.417. The van der Waals surface area contributed by atoms with Crippen LogP contribution in [0.15, 0.2) is 22.7 Å². The van der Waals surface area contributed by atoms with E-state index in [2.05, 4.69) is 15.9 Å². The minimum Gasteiger partial charge on any atom is -0.338 e. The summed E-state index contributed by atoms with van der Waals surface area (Å²) in [6.45, 7) is 1.20. The smallest absolute Gasteiger partial charge is 0.257 e. The van der Waals surface area contributed by atoms with Gasteiger partial charge in [-0.05, 0) is 40.9 Å². The molecule has 1 saturated heterocycles. The minimum absolute atomic E-state index is 0. The number of nitrogens with two attached hydrogens (primary N) is 1. The van der Waals surface area contributed by atoms with Crippen molar-refractivity contribution in [1.29, 1.82) is 0 Å². The molecule has 0 saturated carbocycles. The number of rotatable bonds is 1. The molecule has 1 aromatic carbocycles. The van der Waals surface area contributed by atoms with Gasteiger partial charge in [0.15, 0.2) is 0 Å². The highest BCUT2D eigenvalue weighted by molar-refractivity contribution is 9.10. The predicted molar refractivity (Wildman–Crippen MR) is 74.5 cm³/mol. The summed E-state index contributed by atoms with van der Waals surface area (Å²) >= 11 is 3.21. The molecule has 0 unspecified atom stereocenters. The molecule has 18 heavy (non-hydrogen) atoms. The average Bonchev–Trinajstić information content (AvgIpc) is 2.29. The number of halogens is 3. The third kappa shape index (κ3) is 3.22. The van der Waals surface area contributed by atoms with E-state index in [9.17, 15) is 9.18 Å². The summed E-state index contributed by atoms with van der Waals surface area (Å²) in [7, 11) is 0. The van der Waals surface area contributed by atoms with Crippen LogP contribution in [-0.2, 0) is 0 Å². The van der Waals surface area contributed by atoms with E-state index < -0.39 is 5.82 Å². The molecule has 2 rings (SSSR count). The number of likely N-dealkylation sites (tertiary alicyclic amines) is 1. The second kappa shape index (κ2) is 6.50. The second-order valence-corrected chi connectivity index (χ2v) is 5.08. The number of carbonyl (C=O) groups excluding carboxylic acids is 1. The van der Waals surface area contributed by atoms with Gasteiger partial charge in [-0.3, -0.25) is 4.79 Å². The Hall–Kier alpha value is -0.650. The molecule has 1 heterocycles. The van der Waals surface area contributed by atoms with Gasteiger partial charge in [-0.15, -0.1) is 12.4 Å². The van der Waals surface area contributed by atoms with Crippen molar-refractivity contribution in [3.63, 3.8) is 0 Å². The lowest BCUT2D eigenvalue weighted by atomic mass is 10.0. The molecule has 1 amide bonds. The van der Waals surface area contributed by atoms with Crippen LogP contribution in [0.2, 0.25) is 0 Å². The molecular weight excluding hydrogens is 322 g/mol. The predicted octanol–water partition coefficient (Wildman–Crippen LogP) is 2.57. The van der Waals surface area contributed by atoms with E-state index >= 15 is 0 Å². The van der Waals surface area contributed by atoms with Crippen LogP contribution in [0.3, 0.4) is 0 Å². The lowest BCUT2D eigenvalue weighted by Crippen LogP contribution is -2.43.